The normalized spacial score (nSPS) is 24.3. The van der Waals surface area contributed by atoms with E-state index < -0.39 is 17.9 Å². The Morgan fingerprint density at radius 1 is 1.73 bits per heavy atom. The zero-order chi connectivity index (χ0) is 11.3. The third-order valence-electron chi connectivity index (χ3n) is 2.25. The summed E-state index contributed by atoms with van der Waals surface area (Å²) in [5, 5.41) is 11.6. The van der Waals surface area contributed by atoms with E-state index in [1.807, 2.05) is 6.92 Å². The molecule has 1 fully saturated rings. The predicted molar refractivity (Wildman–Crippen MR) is 53.3 cm³/mol. The average Bonchev–Trinajstić information content (AvgIpc) is 2.66. The monoisotopic (exact) mass is 217 g/mol. The fourth-order valence-corrected chi connectivity index (χ4v) is 1.51. The largest absolute Gasteiger partial charge is 0.479 e. The van der Waals surface area contributed by atoms with Gasteiger partial charge in [-0.2, -0.15) is 0 Å². The van der Waals surface area contributed by atoms with Crippen molar-refractivity contribution in [2.24, 2.45) is 0 Å². The molecule has 0 saturated carbocycles. The van der Waals surface area contributed by atoms with Gasteiger partial charge in [-0.3, -0.25) is 0 Å². The molecule has 0 aromatic heterocycles. The van der Waals surface area contributed by atoms with Crippen LogP contribution in [0, 0.1) is 0 Å². The third-order valence-corrected chi connectivity index (χ3v) is 2.25. The number of ether oxygens (including phenoxy) is 1. The standard InChI is InChI=1S/C10H16FNO3/c1-2-4-12-6-8(11)7-3-5-15-9(7)10(13)14/h9,12H,2-6H2,1H3,(H,13,14)/b8-7-. The molecule has 2 N–H and O–H groups in total. The maximum absolute atomic E-state index is 13.5. The molecule has 0 aromatic rings. The molecule has 0 amide bonds. The highest BCUT2D eigenvalue weighted by atomic mass is 19.1. The topological polar surface area (TPSA) is 58.6 Å². The second kappa shape index (κ2) is 5.82. The molecule has 1 aliphatic heterocycles. The number of halogens is 1. The Morgan fingerprint density at radius 3 is 3.07 bits per heavy atom. The molecule has 86 valence electrons. The van der Waals surface area contributed by atoms with E-state index in [1.54, 1.807) is 0 Å². The van der Waals surface area contributed by atoms with Crippen molar-refractivity contribution in [3.8, 4) is 0 Å². The van der Waals surface area contributed by atoms with Crippen LogP contribution in [0.3, 0.4) is 0 Å². The highest BCUT2D eigenvalue weighted by Gasteiger charge is 2.31. The lowest BCUT2D eigenvalue weighted by Crippen LogP contribution is -2.23. The number of carbonyl (C=O) groups is 1. The van der Waals surface area contributed by atoms with Gasteiger partial charge in [0.1, 0.15) is 5.83 Å². The van der Waals surface area contributed by atoms with Gasteiger partial charge in [0.2, 0.25) is 0 Å². The van der Waals surface area contributed by atoms with Crippen LogP contribution >= 0.6 is 0 Å². The van der Waals surface area contributed by atoms with Crippen molar-refractivity contribution in [3.63, 3.8) is 0 Å². The summed E-state index contributed by atoms with van der Waals surface area (Å²) in [4.78, 5) is 10.7. The zero-order valence-electron chi connectivity index (χ0n) is 8.75. The van der Waals surface area contributed by atoms with E-state index in [9.17, 15) is 9.18 Å². The number of hydrogen-bond acceptors (Lipinski definition) is 3. The number of nitrogens with one attached hydrogen (secondary N) is 1. The molecule has 1 saturated heterocycles. The van der Waals surface area contributed by atoms with Crippen LogP contribution in [0.2, 0.25) is 0 Å². The van der Waals surface area contributed by atoms with Gasteiger partial charge in [-0.1, -0.05) is 6.92 Å². The van der Waals surface area contributed by atoms with Gasteiger partial charge in [0.25, 0.3) is 0 Å². The fraction of sp³-hybridized carbons (Fsp3) is 0.700. The predicted octanol–water partition coefficient (Wildman–Crippen LogP) is 1.08. The van der Waals surface area contributed by atoms with E-state index in [2.05, 4.69) is 5.32 Å². The second-order valence-corrected chi connectivity index (χ2v) is 3.45. The maximum Gasteiger partial charge on any atom is 0.337 e. The highest BCUT2D eigenvalue weighted by molar-refractivity contribution is 5.77. The van der Waals surface area contributed by atoms with Gasteiger partial charge < -0.3 is 15.2 Å². The van der Waals surface area contributed by atoms with Crippen LogP contribution in [0.25, 0.3) is 0 Å². The number of carboxylic acid groups (broad SMARTS) is 1. The Labute approximate surface area is 88.1 Å². The summed E-state index contributed by atoms with van der Waals surface area (Å²) in [6.07, 6.45) is 0.200. The molecule has 4 nitrogen and oxygen atoms in total. The van der Waals surface area contributed by atoms with Gasteiger partial charge in [0.15, 0.2) is 6.10 Å². The molecule has 0 bridgehead atoms. The molecular weight excluding hydrogens is 201 g/mol. The van der Waals surface area contributed by atoms with Crippen molar-refractivity contribution in [1.29, 1.82) is 0 Å². The minimum absolute atomic E-state index is 0.0936. The first-order chi connectivity index (χ1) is 7.16. The smallest absolute Gasteiger partial charge is 0.337 e. The average molecular weight is 217 g/mol. The Hall–Kier alpha value is -0.940. The van der Waals surface area contributed by atoms with Gasteiger partial charge in [0.05, 0.1) is 6.61 Å². The molecule has 1 unspecified atom stereocenters. The second-order valence-electron chi connectivity index (χ2n) is 3.45. The SMILES string of the molecule is CCCNC/C(F)=C1\CCOC1C(=O)O. The first-order valence-electron chi connectivity index (χ1n) is 5.09. The summed E-state index contributed by atoms with van der Waals surface area (Å²) in [5.41, 5.74) is 0.270. The van der Waals surface area contributed by atoms with Crippen LogP contribution in [-0.2, 0) is 9.53 Å². The van der Waals surface area contributed by atoms with Crippen molar-refractivity contribution in [1.82, 2.24) is 5.32 Å². The molecule has 0 aliphatic carbocycles. The molecule has 15 heavy (non-hydrogen) atoms. The molecule has 0 radical (unpaired) electrons. The minimum Gasteiger partial charge on any atom is -0.479 e. The summed E-state index contributed by atoms with van der Waals surface area (Å²) in [6.45, 7) is 3.08. The van der Waals surface area contributed by atoms with Crippen molar-refractivity contribution >= 4 is 5.97 Å². The Kier molecular flexibility index (Phi) is 4.71. The fourth-order valence-electron chi connectivity index (χ4n) is 1.51. The number of rotatable bonds is 5. The molecule has 0 spiro atoms. The van der Waals surface area contributed by atoms with E-state index >= 15 is 0 Å². The lowest BCUT2D eigenvalue weighted by Gasteiger charge is -2.08. The summed E-state index contributed by atoms with van der Waals surface area (Å²) in [7, 11) is 0. The van der Waals surface area contributed by atoms with Gasteiger partial charge in [0, 0.05) is 12.1 Å². The van der Waals surface area contributed by atoms with E-state index in [0.717, 1.165) is 13.0 Å². The van der Waals surface area contributed by atoms with Crippen LogP contribution < -0.4 is 5.32 Å². The van der Waals surface area contributed by atoms with E-state index in [-0.39, 0.29) is 18.7 Å². The van der Waals surface area contributed by atoms with Gasteiger partial charge in [-0.15, -0.1) is 0 Å². The van der Waals surface area contributed by atoms with E-state index in [4.69, 9.17) is 9.84 Å². The molecule has 1 rings (SSSR count). The number of hydrogen-bond donors (Lipinski definition) is 2. The van der Waals surface area contributed by atoms with Crippen molar-refractivity contribution in [3.05, 3.63) is 11.4 Å². The van der Waals surface area contributed by atoms with Gasteiger partial charge in [-0.25, -0.2) is 9.18 Å². The Bertz CT molecular complexity index is 265. The minimum atomic E-state index is -1.12. The molecule has 0 aromatic carbocycles. The lowest BCUT2D eigenvalue weighted by molar-refractivity contribution is -0.145. The third kappa shape index (κ3) is 3.28. The molecule has 1 heterocycles. The molecule has 1 atom stereocenters. The van der Waals surface area contributed by atoms with Crippen molar-refractivity contribution in [2.45, 2.75) is 25.9 Å². The molecule has 1 aliphatic rings. The van der Waals surface area contributed by atoms with Crippen LogP contribution in [0.1, 0.15) is 19.8 Å². The maximum atomic E-state index is 13.5. The zero-order valence-corrected chi connectivity index (χ0v) is 8.75. The first kappa shape index (κ1) is 12.1. The quantitative estimate of drug-likeness (QED) is 0.677. The van der Waals surface area contributed by atoms with Gasteiger partial charge in [-0.05, 0) is 19.4 Å². The summed E-state index contributed by atoms with van der Waals surface area (Å²) >= 11 is 0. The summed E-state index contributed by atoms with van der Waals surface area (Å²) < 4.78 is 18.4. The lowest BCUT2D eigenvalue weighted by atomic mass is 10.1. The van der Waals surface area contributed by atoms with Crippen molar-refractivity contribution in [2.75, 3.05) is 19.7 Å². The first-order valence-corrected chi connectivity index (χ1v) is 5.09. The summed E-state index contributed by atoms with van der Waals surface area (Å²) in [6, 6.07) is 0. The highest BCUT2D eigenvalue weighted by Crippen LogP contribution is 2.24. The van der Waals surface area contributed by atoms with E-state index in [1.165, 1.54) is 0 Å². The van der Waals surface area contributed by atoms with Crippen LogP contribution in [0.4, 0.5) is 4.39 Å². The Balaban J connectivity index is 2.57. The number of aliphatic carboxylic acids is 1. The van der Waals surface area contributed by atoms with Crippen LogP contribution in [0.5, 0.6) is 0 Å². The van der Waals surface area contributed by atoms with Crippen LogP contribution in [0.15, 0.2) is 11.4 Å². The van der Waals surface area contributed by atoms with Crippen molar-refractivity contribution < 1.29 is 19.0 Å². The van der Waals surface area contributed by atoms with Crippen LogP contribution in [-0.4, -0.2) is 36.9 Å². The van der Waals surface area contributed by atoms with Gasteiger partial charge >= 0.3 is 5.97 Å². The van der Waals surface area contributed by atoms with E-state index in [0.29, 0.717) is 6.42 Å². The molecular formula is C10H16FNO3. The Morgan fingerprint density at radius 2 is 2.47 bits per heavy atom. The summed E-state index contributed by atoms with van der Waals surface area (Å²) in [5.74, 6) is -1.51. The molecule has 5 heteroatoms. The number of carboxylic acids is 1.